The SMILES string of the molecule is CSc1nc(C)c(CCC(=O)NCc2ccc(S(=O)(=O)N(C)C(C)C)cc2)c(C)n1. The molecule has 2 aromatic rings. The van der Waals surface area contributed by atoms with Crippen molar-refractivity contribution in [3.63, 3.8) is 0 Å². The number of hydrogen-bond donors (Lipinski definition) is 1. The van der Waals surface area contributed by atoms with Crippen molar-refractivity contribution in [1.29, 1.82) is 0 Å². The molecule has 1 aromatic carbocycles. The van der Waals surface area contributed by atoms with E-state index in [1.54, 1.807) is 31.3 Å². The zero-order chi connectivity index (χ0) is 22.5. The lowest BCUT2D eigenvalue weighted by Crippen LogP contribution is -2.33. The number of benzene rings is 1. The maximum atomic E-state index is 12.5. The molecular weight excluding hydrogens is 420 g/mol. The predicted molar refractivity (Wildman–Crippen MR) is 120 cm³/mol. The van der Waals surface area contributed by atoms with E-state index in [0.29, 0.717) is 19.4 Å². The molecule has 0 aliphatic heterocycles. The molecule has 1 heterocycles. The number of aromatic nitrogens is 2. The van der Waals surface area contributed by atoms with Gasteiger partial charge in [0.15, 0.2) is 5.16 Å². The third-order valence-corrected chi connectivity index (χ3v) is 7.60. The molecule has 0 aliphatic rings. The minimum atomic E-state index is -3.51. The van der Waals surface area contributed by atoms with Crippen molar-refractivity contribution in [2.24, 2.45) is 0 Å². The number of nitrogens with zero attached hydrogens (tertiary/aromatic N) is 3. The Hall–Kier alpha value is -1.97. The van der Waals surface area contributed by atoms with Gasteiger partial charge in [-0.2, -0.15) is 4.31 Å². The molecule has 9 heteroatoms. The number of carbonyl (C=O) groups is 1. The highest BCUT2D eigenvalue weighted by atomic mass is 32.2. The van der Waals surface area contributed by atoms with E-state index in [2.05, 4.69) is 15.3 Å². The topological polar surface area (TPSA) is 92.3 Å². The summed E-state index contributed by atoms with van der Waals surface area (Å²) in [5, 5.41) is 3.63. The van der Waals surface area contributed by atoms with Gasteiger partial charge in [0.25, 0.3) is 0 Å². The van der Waals surface area contributed by atoms with Crippen LogP contribution in [0.3, 0.4) is 0 Å². The van der Waals surface area contributed by atoms with Crippen LogP contribution in [0, 0.1) is 13.8 Å². The summed E-state index contributed by atoms with van der Waals surface area (Å²) < 4.78 is 26.4. The molecule has 1 N–H and O–H groups in total. The smallest absolute Gasteiger partial charge is 0.243 e. The molecule has 0 radical (unpaired) electrons. The van der Waals surface area contributed by atoms with Crippen LogP contribution < -0.4 is 5.32 Å². The van der Waals surface area contributed by atoms with E-state index < -0.39 is 10.0 Å². The summed E-state index contributed by atoms with van der Waals surface area (Å²) in [5.41, 5.74) is 3.66. The lowest BCUT2D eigenvalue weighted by molar-refractivity contribution is -0.121. The molecule has 0 spiro atoms. The van der Waals surface area contributed by atoms with Crippen molar-refractivity contribution >= 4 is 27.7 Å². The molecule has 0 saturated heterocycles. The summed E-state index contributed by atoms with van der Waals surface area (Å²) in [6.07, 6.45) is 2.86. The Morgan fingerprint density at radius 1 is 1.13 bits per heavy atom. The zero-order valence-electron chi connectivity index (χ0n) is 18.4. The fourth-order valence-electron chi connectivity index (χ4n) is 2.91. The number of amides is 1. The molecule has 7 nitrogen and oxygen atoms in total. The molecule has 30 heavy (non-hydrogen) atoms. The number of carbonyl (C=O) groups excluding carboxylic acids is 1. The Labute approximate surface area is 183 Å². The Bertz CT molecular complexity index is 967. The third-order valence-electron chi connectivity index (χ3n) is 5.00. The van der Waals surface area contributed by atoms with Crippen molar-refractivity contribution in [1.82, 2.24) is 19.6 Å². The Morgan fingerprint density at radius 3 is 2.20 bits per heavy atom. The van der Waals surface area contributed by atoms with Gasteiger partial charge in [0.2, 0.25) is 15.9 Å². The second-order valence-corrected chi connectivity index (χ2v) is 10.2. The summed E-state index contributed by atoms with van der Waals surface area (Å²) in [6, 6.07) is 6.48. The van der Waals surface area contributed by atoms with Crippen molar-refractivity contribution in [2.75, 3.05) is 13.3 Å². The van der Waals surface area contributed by atoms with E-state index in [-0.39, 0.29) is 16.8 Å². The van der Waals surface area contributed by atoms with E-state index in [1.807, 2.05) is 34.0 Å². The Morgan fingerprint density at radius 2 is 1.70 bits per heavy atom. The first-order chi connectivity index (χ1) is 14.1. The summed E-state index contributed by atoms with van der Waals surface area (Å²) in [7, 11) is -1.94. The molecule has 1 amide bonds. The van der Waals surface area contributed by atoms with E-state index in [9.17, 15) is 13.2 Å². The summed E-state index contributed by atoms with van der Waals surface area (Å²) in [6.45, 7) is 7.88. The van der Waals surface area contributed by atoms with Crippen LogP contribution in [-0.4, -0.2) is 47.9 Å². The van der Waals surface area contributed by atoms with Crippen molar-refractivity contribution < 1.29 is 13.2 Å². The van der Waals surface area contributed by atoms with Crippen LogP contribution in [0.4, 0.5) is 0 Å². The number of nitrogens with one attached hydrogen (secondary N) is 1. The summed E-state index contributed by atoms with van der Waals surface area (Å²) in [4.78, 5) is 21.4. The van der Waals surface area contributed by atoms with Gasteiger partial charge in [-0.15, -0.1) is 0 Å². The van der Waals surface area contributed by atoms with Gasteiger partial charge in [0, 0.05) is 37.4 Å². The van der Waals surface area contributed by atoms with Gasteiger partial charge in [0.05, 0.1) is 4.90 Å². The van der Waals surface area contributed by atoms with Crippen LogP contribution in [0.5, 0.6) is 0 Å². The normalized spacial score (nSPS) is 11.9. The molecule has 0 atom stereocenters. The number of hydrogen-bond acceptors (Lipinski definition) is 6. The van der Waals surface area contributed by atoms with Gasteiger partial charge in [-0.25, -0.2) is 18.4 Å². The highest BCUT2D eigenvalue weighted by Crippen LogP contribution is 2.18. The van der Waals surface area contributed by atoms with Crippen LogP contribution in [0.1, 0.15) is 42.8 Å². The molecule has 0 aliphatic carbocycles. The van der Waals surface area contributed by atoms with Crippen molar-refractivity contribution in [3.8, 4) is 0 Å². The summed E-state index contributed by atoms with van der Waals surface area (Å²) in [5.74, 6) is -0.0704. The highest BCUT2D eigenvalue weighted by molar-refractivity contribution is 7.98. The first-order valence-electron chi connectivity index (χ1n) is 9.78. The number of rotatable bonds is 9. The number of aryl methyl sites for hydroxylation is 2. The molecule has 0 bridgehead atoms. The van der Waals surface area contributed by atoms with Crippen molar-refractivity contribution in [3.05, 3.63) is 46.8 Å². The lowest BCUT2D eigenvalue weighted by Gasteiger charge is -2.21. The van der Waals surface area contributed by atoms with Crippen LogP contribution in [0.2, 0.25) is 0 Å². The van der Waals surface area contributed by atoms with Gasteiger partial charge < -0.3 is 5.32 Å². The van der Waals surface area contributed by atoms with E-state index >= 15 is 0 Å². The second-order valence-electron chi connectivity index (χ2n) is 7.40. The quantitative estimate of drug-likeness (QED) is 0.466. The maximum absolute atomic E-state index is 12.5. The van der Waals surface area contributed by atoms with Gasteiger partial charge in [-0.05, 0) is 63.6 Å². The minimum absolute atomic E-state index is 0.0704. The second kappa shape index (κ2) is 10.4. The van der Waals surface area contributed by atoms with Crippen LogP contribution in [0.25, 0.3) is 0 Å². The monoisotopic (exact) mass is 450 g/mol. The van der Waals surface area contributed by atoms with Gasteiger partial charge >= 0.3 is 0 Å². The van der Waals surface area contributed by atoms with Gasteiger partial charge in [0.1, 0.15) is 0 Å². The first-order valence-corrected chi connectivity index (χ1v) is 12.4. The molecule has 0 fully saturated rings. The Kier molecular flexibility index (Phi) is 8.40. The summed E-state index contributed by atoms with van der Waals surface area (Å²) >= 11 is 1.50. The van der Waals surface area contributed by atoms with Crippen LogP contribution in [0.15, 0.2) is 34.3 Å². The van der Waals surface area contributed by atoms with E-state index in [0.717, 1.165) is 27.7 Å². The standard InChI is InChI=1S/C21H30N4O3S2/c1-14(2)25(5)30(27,28)18-9-7-17(8-10-18)13-22-20(26)12-11-19-15(3)23-21(29-6)24-16(19)4/h7-10,14H,11-13H2,1-6H3,(H,22,26). The van der Waals surface area contributed by atoms with Gasteiger partial charge in [-0.1, -0.05) is 23.9 Å². The average Bonchev–Trinajstić information content (AvgIpc) is 2.70. The third kappa shape index (κ3) is 6.02. The molecular formula is C21H30N4O3S2. The van der Waals surface area contributed by atoms with Gasteiger partial charge in [-0.3, -0.25) is 4.79 Å². The van der Waals surface area contributed by atoms with Crippen LogP contribution in [-0.2, 0) is 27.8 Å². The number of thioether (sulfide) groups is 1. The largest absolute Gasteiger partial charge is 0.352 e. The van der Waals surface area contributed by atoms with E-state index in [4.69, 9.17) is 0 Å². The molecule has 2 rings (SSSR count). The fourth-order valence-corrected chi connectivity index (χ4v) is 4.74. The Balaban J connectivity index is 1.93. The molecule has 0 unspecified atom stereocenters. The fraction of sp³-hybridized carbons (Fsp3) is 0.476. The lowest BCUT2D eigenvalue weighted by atomic mass is 10.1. The molecule has 0 saturated carbocycles. The number of sulfonamides is 1. The van der Waals surface area contributed by atoms with Crippen molar-refractivity contribution in [2.45, 2.75) is 63.2 Å². The minimum Gasteiger partial charge on any atom is -0.352 e. The van der Waals surface area contributed by atoms with E-state index in [1.165, 1.54) is 16.1 Å². The molecule has 164 valence electrons. The molecule has 1 aromatic heterocycles. The average molecular weight is 451 g/mol. The predicted octanol–water partition coefficient (Wildman–Crippen LogP) is 3.09. The highest BCUT2D eigenvalue weighted by Gasteiger charge is 2.22. The maximum Gasteiger partial charge on any atom is 0.243 e. The van der Waals surface area contributed by atoms with Crippen LogP contribution >= 0.6 is 11.8 Å². The zero-order valence-corrected chi connectivity index (χ0v) is 20.0. The first kappa shape index (κ1) is 24.3.